The summed E-state index contributed by atoms with van der Waals surface area (Å²) in [7, 11) is 0. The minimum Gasteiger partial charge on any atom is -0.481 e. The van der Waals surface area contributed by atoms with E-state index in [0.717, 1.165) is 0 Å². The lowest BCUT2D eigenvalue weighted by atomic mass is 9.91. The molecule has 1 aliphatic heterocycles. The number of fused-ring (bicyclic) bond motifs is 1. The van der Waals surface area contributed by atoms with Crippen LogP contribution < -0.4 is 4.74 Å². The summed E-state index contributed by atoms with van der Waals surface area (Å²) >= 11 is 0. The lowest BCUT2D eigenvalue weighted by Gasteiger charge is -2.29. The average molecular weight is 182 g/mol. The Morgan fingerprint density at radius 1 is 1.85 bits per heavy atom. The van der Waals surface area contributed by atoms with Crippen LogP contribution >= 0.6 is 0 Å². The van der Waals surface area contributed by atoms with Gasteiger partial charge in [-0.15, -0.1) is 0 Å². The Hall–Kier alpha value is -1.52. The molecule has 0 saturated carbocycles. The number of hydrogen-bond donors (Lipinski definition) is 1. The highest BCUT2D eigenvalue weighted by molar-refractivity contribution is 5.74. The molecule has 5 nitrogen and oxygen atoms in total. The third kappa shape index (κ3) is 1.16. The van der Waals surface area contributed by atoms with Crippen molar-refractivity contribution in [2.75, 3.05) is 6.61 Å². The number of nitrogens with zero attached hydrogens (tertiary/aromatic N) is 2. The fraction of sp³-hybridized carbons (Fsp3) is 0.500. The average Bonchev–Trinajstić information content (AvgIpc) is 2.50. The van der Waals surface area contributed by atoms with Crippen LogP contribution in [-0.2, 0) is 11.3 Å². The van der Waals surface area contributed by atoms with Crippen molar-refractivity contribution in [2.24, 2.45) is 5.41 Å². The molecule has 0 spiro atoms. The monoisotopic (exact) mass is 182 g/mol. The summed E-state index contributed by atoms with van der Waals surface area (Å²) in [6.45, 7) is 2.22. The highest BCUT2D eigenvalue weighted by atomic mass is 16.5. The van der Waals surface area contributed by atoms with Crippen molar-refractivity contribution >= 4 is 5.97 Å². The van der Waals surface area contributed by atoms with Gasteiger partial charge in [-0.25, -0.2) is 4.68 Å². The van der Waals surface area contributed by atoms with E-state index in [1.54, 1.807) is 23.9 Å². The lowest BCUT2D eigenvalue weighted by molar-refractivity contribution is -0.152. The molecule has 1 aromatic heterocycles. The van der Waals surface area contributed by atoms with Crippen molar-refractivity contribution in [3.63, 3.8) is 0 Å². The standard InChI is InChI=1S/C8H10N2O3/c1-8(7(11)12)4-10-6(13-5-8)2-3-9-10/h2-3H,4-5H2,1H3,(H,11,12). The minimum absolute atomic E-state index is 0.202. The molecule has 1 aliphatic rings. The molecule has 0 bridgehead atoms. The van der Waals surface area contributed by atoms with Crippen LogP contribution in [0.5, 0.6) is 5.88 Å². The van der Waals surface area contributed by atoms with Gasteiger partial charge < -0.3 is 9.84 Å². The zero-order chi connectivity index (χ0) is 9.47. The molecule has 0 amide bonds. The molecule has 5 heteroatoms. The molecular formula is C8H10N2O3. The van der Waals surface area contributed by atoms with Gasteiger partial charge in [0.05, 0.1) is 12.7 Å². The van der Waals surface area contributed by atoms with Crippen LogP contribution in [0.3, 0.4) is 0 Å². The Morgan fingerprint density at radius 2 is 2.62 bits per heavy atom. The van der Waals surface area contributed by atoms with Crippen LogP contribution in [0.1, 0.15) is 6.92 Å². The maximum atomic E-state index is 10.9. The largest absolute Gasteiger partial charge is 0.481 e. The number of ether oxygens (including phenoxy) is 1. The number of carboxylic acids is 1. The second kappa shape index (κ2) is 2.48. The zero-order valence-corrected chi connectivity index (χ0v) is 7.23. The first-order valence-corrected chi connectivity index (χ1v) is 4.00. The molecule has 0 aliphatic carbocycles. The van der Waals surface area contributed by atoms with Gasteiger partial charge in [0, 0.05) is 6.07 Å². The predicted molar refractivity (Wildman–Crippen MR) is 43.5 cm³/mol. The first-order chi connectivity index (χ1) is 6.12. The van der Waals surface area contributed by atoms with E-state index in [0.29, 0.717) is 12.4 Å². The Balaban J connectivity index is 2.30. The van der Waals surface area contributed by atoms with E-state index < -0.39 is 11.4 Å². The molecule has 0 radical (unpaired) electrons. The van der Waals surface area contributed by atoms with E-state index in [1.165, 1.54) is 0 Å². The van der Waals surface area contributed by atoms with Crippen LogP contribution in [0.4, 0.5) is 0 Å². The number of aromatic nitrogens is 2. The first kappa shape index (κ1) is 8.10. The van der Waals surface area contributed by atoms with Gasteiger partial charge in [-0.2, -0.15) is 5.10 Å². The molecule has 2 heterocycles. The topological polar surface area (TPSA) is 64.3 Å². The smallest absolute Gasteiger partial charge is 0.314 e. The zero-order valence-electron chi connectivity index (χ0n) is 7.23. The van der Waals surface area contributed by atoms with Crippen LogP contribution in [0.15, 0.2) is 12.3 Å². The van der Waals surface area contributed by atoms with E-state index in [2.05, 4.69) is 5.10 Å². The van der Waals surface area contributed by atoms with Gasteiger partial charge in [0.2, 0.25) is 5.88 Å². The van der Waals surface area contributed by atoms with Crippen LogP contribution in [0.2, 0.25) is 0 Å². The molecule has 0 saturated heterocycles. The van der Waals surface area contributed by atoms with Crippen LogP contribution in [0.25, 0.3) is 0 Å². The molecule has 0 fully saturated rings. The number of rotatable bonds is 1. The highest BCUT2D eigenvalue weighted by Gasteiger charge is 2.38. The number of hydrogen-bond acceptors (Lipinski definition) is 3. The molecule has 1 N–H and O–H groups in total. The number of carbonyl (C=O) groups is 1. The first-order valence-electron chi connectivity index (χ1n) is 4.00. The van der Waals surface area contributed by atoms with Crippen molar-refractivity contribution in [3.8, 4) is 5.88 Å². The Labute approximate surface area is 74.9 Å². The van der Waals surface area contributed by atoms with Crippen molar-refractivity contribution in [1.82, 2.24) is 9.78 Å². The van der Waals surface area contributed by atoms with Gasteiger partial charge in [-0.1, -0.05) is 0 Å². The van der Waals surface area contributed by atoms with E-state index in [-0.39, 0.29) is 6.61 Å². The van der Waals surface area contributed by atoms with Gasteiger partial charge in [-0.05, 0) is 6.92 Å². The summed E-state index contributed by atoms with van der Waals surface area (Å²) in [5.41, 5.74) is -0.862. The Morgan fingerprint density at radius 3 is 3.31 bits per heavy atom. The van der Waals surface area contributed by atoms with Gasteiger partial charge >= 0.3 is 5.97 Å². The summed E-state index contributed by atoms with van der Waals surface area (Å²) in [6.07, 6.45) is 1.60. The van der Waals surface area contributed by atoms with Crippen LogP contribution in [0, 0.1) is 5.41 Å². The van der Waals surface area contributed by atoms with Crippen molar-refractivity contribution in [1.29, 1.82) is 0 Å². The van der Waals surface area contributed by atoms with E-state index in [4.69, 9.17) is 9.84 Å². The quantitative estimate of drug-likeness (QED) is 0.681. The van der Waals surface area contributed by atoms with Crippen molar-refractivity contribution in [3.05, 3.63) is 12.3 Å². The second-order valence-corrected chi connectivity index (χ2v) is 3.48. The molecule has 1 aromatic rings. The summed E-state index contributed by atoms with van der Waals surface area (Å²) in [5, 5.41) is 12.9. The molecule has 2 rings (SSSR count). The Bertz CT molecular complexity index is 347. The molecule has 1 atom stereocenters. The highest BCUT2D eigenvalue weighted by Crippen LogP contribution is 2.28. The molecule has 1 unspecified atom stereocenters. The Kier molecular flexibility index (Phi) is 1.55. The van der Waals surface area contributed by atoms with Crippen molar-refractivity contribution in [2.45, 2.75) is 13.5 Å². The fourth-order valence-electron chi connectivity index (χ4n) is 1.30. The van der Waals surface area contributed by atoms with Crippen molar-refractivity contribution < 1.29 is 14.6 Å². The van der Waals surface area contributed by atoms with E-state index in [1.807, 2.05) is 0 Å². The molecule has 13 heavy (non-hydrogen) atoms. The van der Waals surface area contributed by atoms with Crippen LogP contribution in [-0.4, -0.2) is 27.5 Å². The van der Waals surface area contributed by atoms with Gasteiger partial charge in [0.25, 0.3) is 0 Å². The normalized spacial score (nSPS) is 26.2. The third-order valence-corrected chi connectivity index (χ3v) is 2.23. The second-order valence-electron chi connectivity index (χ2n) is 3.48. The summed E-state index contributed by atoms with van der Waals surface area (Å²) < 4.78 is 6.83. The lowest BCUT2D eigenvalue weighted by Crippen LogP contribution is -2.42. The number of aliphatic carboxylic acids is 1. The summed E-state index contributed by atoms with van der Waals surface area (Å²) in [5.74, 6) is -0.215. The maximum absolute atomic E-state index is 10.9. The van der Waals surface area contributed by atoms with E-state index in [9.17, 15) is 4.79 Å². The number of carboxylic acid groups (broad SMARTS) is 1. The predicted octanol–water partition coefficient (Wildman–Crippen LogP) is 0.366. The van der Waals surface area contributed by atoms with Gasteiger partial charge in [0.1, 0.15) is 12.0 Å². The van der Waals surface area contributed by atoms with E-state index >= 15 is 0 Å². The minimum atomic E-state index is -0.862. The fourth-order valence-corrected chi connectivity index (χ4v) is 1.30. The molecule has 0 aromatic carbocycles. The third-order valence-electron chi connectivity index (χ3n) is 2.23. The van der Waals surface area contributed by atoms with Gasteiger partial charge in [0.15, 0.2) is 0 Å². The molecular weight excluding hydrogens is 172 g/mol. The van der Waals surface area contributed by atoms with Gasteiger partial charge in [-0.3, -0.25) is 4.79 Å². The SMILES string of the molecule is CC1(C(=O)O)COc2ccnn2C1. The maximum Gasteiger partial charge on any atom is 0.314 e. The summed E-state index contributed by atoms with van der Waals surface area (Å²) in [6, 6.07) is 1.72. The molecule has 70 valence electrons. The summed E-state index contributed by atoms with van der Waals surface area (Å²) in [4.78, 5) is 10.9.